The van der Waals surface area contributed by atoms with Crippen LogP contribution >= 0.6 is 0 Å². The molecule has 0 aliphatic heterocycles. The maximum Gasteiger partial charge on any atom is 0.0414 e. The van der Waals surface area contributed by atoms with Crippen LogP contribution in [0.2, 0.25) is 0 Å². The third-order valence-electron chi connectivity index (χ3n) is 1.16. The van der Waals surface area contributed by atoms with Crippen LogP contribution in [-0.2, 0) is 4.79 Å². The molecule has 2 heteroatoms. The summed E-state index contributed by atoms with van der Waals surface area (Å²) in [5, 5.41) is 9.87. The Bertz CT molecular complexity index is 86.9. The number of hydrogen-bond acceptors (Lipinski definition) is 2. The molecule has 0 radical (unpaired) electrons. The molecule has 0 bridgehead atoms. The molecule has 0 saturated carbocycles. The van der Waals surface area contributed by atoms with Gasteiger partial charge < -0.3 is 9.90 Å². The fraction of sp³-hybridized carbons (Fsp3) is 0.857. The lowest BCUT2D eigenvalue weighted by Gasteiger charge is -2.03. The molecule has 0 aromatic carbocycles. The Kier molecular flexibility index (Phi) is 4.10. The highest BCUT2D eigenvalue weighted by molar-refractivity contribution is 5.64. The topological polar surface area (TPSA) is 40.1 Å². The number of rotatable bonds is 4. The summed E-state index contributed by atoms with van der Waals surface area (Å²) in [4.78, 5) is 9.87. The van der Waals surface area contributed by atoms with Crippen LogP contribution in [0.4, 0.5) is 0 Å². The molecule has 0 amide bonds. The number of carboxylic acid groups (broad SMARTS) is 1. The van der Waals surface area contributed by atoms with Gasteiger partial charge in [0.1, 0.15) is 0 Å². The molecule has 54 valence electrons. The van der Waals surface area contributed by atoms with E-state index < -0.39 is 5.97 Å². The summed E-state index contributed by atoms with van der Waals surface area (Å²) in [5.41, 5.74) is 0. The minimum absolute atomic E-state index is 0.207. The number of carbonyl (C=O) groups excluding carboxylic acids is 1. The number of carbonyl (C=O) groups is 1. The van der Waals surface area contributed by atoms with Crippen LogP contribution in [0.5, 0.6) is 0 Å². The van der Waals surface area contributed by atoms with Gasteiger partial charge in [0.15, 0.2) is 0 Å². The van der Waals surface area contributed by atoms with E-state index in [0.717, 1.165) is 12.8 Å². The van der Waals surface area contributed by atoms with Gasteiger partial charge in [-0.3, -0.25) is 0 Å². The summed E-state index contributed by atoms with van der Waals surface area (Å²) in [6, 6.07) is 0. The minimum atomic E-state index is -0.935. The standard InChI is InChI=1S/C7H14O2/c1-6(2)4-3-5-7(8)9/h6H,3-5H2,1-2H3,(H,8,9)/p-1. The van der Waals surface area contributed by atoms with Gasteiger partial charge in [-0.2, -0.15) is 0 Å². The predicted octanol–water partition coefficient (Wildman–Crippen LogP) is 0.563. The Morgan fingerprint density at radius 1 is 1.56 bits per heavy atom. The van der Waals surface area contributed by atoms with E-state index in [4.69, 9.17) is 0 Å². The highest BCUT2D eigenvalue weighted by Crippen LogP contribution is 2.04. The Balaban J connectivity index is 3.01. The lowest BCUT2D eigenvalue weighted by molar-refractivity contribution is -0.305. The van der Waals surface area contributed by atoms with E-state index in [1.807, 2.05) is 0 Å². The molecule has 0 aliphatic carbocycles. The normalized spacial score (nSPS) is 10.1. The molecule has 0 fully saturated rings. The molecule has 0 aromatic heterocycles. The molecule has 0 heterocycles. The van der Waals surface area contributed by atoms with E-state index in [0.29, 0.717) is 5.92 Å². The van der Waals surface area contributed by atoms with Gasteiger partial charge in [-0.15, -0.1) is 0 Å². The molecule has 0 saturated heterocycles. The van der Waals surface area contributed by atoms with Gasteiger partial charge in [-0.1, -0.05) is 20.3 Å². The monoisotopic (exact) mass is 129 g/mol. The van der Waals surface area contributed by atoms with Crippen LogP contribution in [0.1, 0.15) is 33.1 Å². The summed E-state index contributed by atoms with van der Waals surface area (Å²) in [7, 11) is 0. The maximum absolute atomic E-state index is 9.87. The van der Waals surface area contributed by atoms with Crippen LogP contribution in [-0.4, -0.2) is 5.97 Å². The first-order valence-electron chi connectivity index (χ1n) is 3.32. The van der Waals surface area contributed by atoms with Crippen molar-refractivity contribution in [1.29, 1.82) is 0 Å². The number of carboxylic acids is 1. The zero-order valence-corrected chi connectivity index (χ0v) is 6.02. The average Bonchev–Trinajstić information content (AvgIpc) is 1.63. The van der Waals surface area contributed by atoms with Gasteiger partial charge in [0.25, 0.3) is 0 Å². The Morgan fingerprint density at radius 3 is 2.44 bits per heavy atom. The molecule has 0 rings (SSSR count). The van der Waals surface area contributed by atoms with Crippen molar-refractivity contribution in [3.8, 4) is 0 Å². The fourth-order valence-electron chi connectivity index (χ4n) is 0.655. The summed E-state index contributed by atoms with van der Waals surface area (Å²) in [5.74, 6) is -0.333. The molecule has 0 aromatic rings. The quantitative estimate of drug-likeness (QED) is 0.556. The first kappa shape index (κ1) is 8.47. The average molecular weight is 129 g/mol. The Labute approximate surface area is 55.9 Å². The second-order valence-electron chi connectivity index (χ2n) is 2.66. The van der Waals surface area contributed by atoms with E-state index in [1.165, 1.54) is 0 Å². The molecule has 0 N–H and O–H groups in total. The molecule has 0 aliphatic rings. The van der Waals surface area contributed by atoms with Crippen molar-refractivity contribution >= 4 is 5.97 Å². The van der Waals surface area contributed by atoms with E-state index in [9.17, 15) is 9.90 Å². The molecular weight excluding hydrogens is 116 g/mol. The maximum atomic E-state index is 9.87. The summed E-state index contributed by atoms with van der Waals surface area (Å²) < 4.78 is 0. The highest BCUT2D eigenvalue weighted by atomic mass is 16.4. The third-order valence-corrected chi connectivity index (χ3v) is 1.16. The molecule has 0 spiro atoms. The van der Waals surface area contributed by atoms with Gasteiger partial charge in [0.2, 0.25) is 0 Å². The summed E-state index contributed by atoms with van der Waals surface area (Å²) >= 11 is 0. The lowest BCUT2D eigenvalue weighted by atomic mass is 10.1. The summed E-state index contributed by atoms with van der Waals surface area (Å²) in [6.07, 6.45) is 1.94. The number of aliphatic carboxylic acids is 1. The Hall–Kier alpha value is -0.530. The second-order valence-corrected chi connectivity index (χ2v) is 2.66. The van der Waals surface area contributed by atoms with Gasteiger partial charge in [-0.05, 0) is 18.8 Å². The van der Waals surface area contributed by atoms with E-state index in [2.05, 4.69) is 13.8 Å². The van der Waals surface area contributed by atoms with Gasteiger partial charge in [0.05, 0.1) is 0 Å². The van der Waals surface area contributed by atoms with E-state index in [1.54, 1.807) is 0 Å². The first-order valence-corrected chi connectivity index (χ1v) is 3.32. The second kappa shape index (κ2) is 4.36. The smallest absolute Gasteiger partial charge is 0.0414 e. The van der Waals surface area contributed by atoms with Crippen LogP contribution < -0.4 is 5.11 Å². The molecular formula is C7H13O2-. The lowest BCUT2D eigenvalue weighted by Crippen LogP contribution is -2.21. The molecule has 0 unspecified atom stereocenters. The minimum Gasteiger partial charge on any atom is -0.550 e. The van der Waals surface area contributed by atoms with Crippen molar-refractivity contribution in [3.63, 3.8) is 0 Å². The van der Waals surface area contributed by atoms with Gasteiger partial charge in [-0.25, -0.2) is 0 Å². The SMILES string of the molecule is CC(C)CCCC(=O)[O-]. The van der Waals surface area contributed by atoms with Crippen molar-refractivity contribution < 1.29 is 9.90 Å². The fourth-order valence-corrected chi connectivity index (χ4v) is 0.655. The zero-order chi connectivity index (χ0) is 7.28. The predicted molar refractivity (Wildman–Crippen MR) is 33.7 cm³/mol. The highest BCUT2D eigenvalue weighted by Gasteiger charge is 1.92. The Morgan fingerprint density at radius 2 is 2.11 bits per heavy atom. The van der Waals surface area contributed by atoms with Crippen molar-refractivity contribution in [2.45, 2.75) is 33.1 Å². The van der Waals surface area contributed by atoms with E-state index in [-0.39, 0.29) is 6.42 Å². The van der Waals surface area contributed by atoms with Crippen molar-refractivity contribution in [2.75, 3.05) is 0 Å². The molecule has 2 nitrogen and oxygen atoms in total. The number of hydrogen-bond donors (Lipinski definition) is 0. The summed E-state index contributed by atoms with van der Waals surface area (Å²) in [6.45, 7) is 4.16. The molecule has 0 atom stereocenters. The van der Waals surface area contributed by atoms with Gasteiger partial charge >= 0.3 is 0 Å². The first-order chi connectivity index (χ1) is 4.13. The molecule has 9 heavy (non-hydrogen) atoms. The van der Waals surface area contributed by atoms with Gasteiger partial charge in [0, 0.05) is 5.97 Å². The van der Waals surface area contributed by atoms with Crippen LogP contribution in [0.3, 0.4) is 0 Å². The van der Waals surface area contributed by atoms with Crippen LogP contribution in [0, 0.1) is 5.92 Å². The van der Waals surface area contributed by atoms with E-state index >= 15 is 0 Å². The zero-order valence-electron chi connectivity index (χ0n) is 6.02. The largest absolute Gasteiger partial charge is 0.550 e. The van der Waals surface area contributed by atoms with Crippen molar-refractivity contribution in [3.05, 3.63) is 0 Å². The van der Waals surface area contributed by atoms with Crippen molar-refractivity contribution in [1.82, 2.24) is 0 Å². The van der Waals surface area contributed by atoms with Crippen molar-refractivity contribution in [2.24, 2.45) is 5.92 Å². The third kappa shape index (κ3) is 7.47. The van der Waals surface area contributed by atoms with Crippen LogP contribution in [0.15, 0.2) is 0 Å². The van der Waals surface area contributed by atoms with Crippen LogP contribution in [0.25, 0.3) is 0 Å².